The van der Waals surface area contributed by atoms with Crippen molar-refractivity contribution in [2.24, 2.45) is 5.41 Å². The molecule has 0 saturated heterocycles. The number of nitrogens with one attached hydrogen (secondary N) is 1. The van der Waals surface area contributed by atoms with Gasteiger partial charge in [0, 0.05) is 18.1 Å². The molecule has 1 aromatic heterocycles. The van der Waals surface area contributed by atoms with Gasteiger partial charge in [-0.3, -0.25) is 0 Å². The molecule has 0 spiro atoms. The third-order valence-corrected chi connectivity index (χ3v) is 3.89. The predicted molar refractivity (Wildman–Crippen MR) is 71.1 cm³/mol. The molecule has 1 aromatic rings. The van der Waals surface area contributed by atoms with Gasteiger partial charge in [-0.15, -0.1) is 10.2 Å². The van der Waals surface area contributed by atoms with Crippen LogP contribution < -0.4 is 5.32 Å². The Kier molecular flexibility index (Phi) is 3.94. The lowest BCUT2D eigenvalue weighted by atomic mass is 9.64. The van der Waals surface area contributed by atoms with Gasteiger partial charge in [0.05, 0.1) is 6.10 Å². The summed E-state index contributed by atoms with van der Waals surface area (Å²) in [5.74, 6) is 0.477. The second kappa shape index (κ2) is 5.15. The lowest BCUT2D eigenvalue weighted by Gasteiger charge is -2.51. The van der Waals surface area contributed by atoms with Crippen LogP contribution in [0.1, 0.15) is 27.2 Å². The van der Waals surface area contributed by atoms with Crippen LogP contribution in [-0.4, -0.2) is 33.9 Å². The minimum atomic E-state index is 0.0246. The van der Waals surface area contributed by atoms with E-state index in [0.29, 0.717) is 5.82 Å². The van der Waals surface area contributed by atoms with E-state index in [9.17, 15) is 0 Å². The van der Waals surface area contributed by atoms with Gasteiger partial charge in [-0.2, -0.15) is 4.98 Å². The molecule has 1 N–H and O–H groups in total. The van der Waals surface area contributed by atoms with Crippen molar-refractivity contribution in [3.05, 3.63) is 10.4 Å². The van der Waals surface area contributed by atoms with E-state index < -0.39 is 0 Å². The summed E-state index contributed by atoms with van der Waals surface area (Å²) in [7, 11) is 0. The number of aromatic nitrogens is 3. The number of nitrogens with zero attached hydrogens (tertiary/aromatic N) is 3. The zero-order valence-electron chi connectivity index (χ0n) is 10.6. The summed E-state index contributed by atoms with van der Waals surface area (Å²) < 4.78 is 5.67. The molecule has 0 aliphatic heterocycles. The van der Waals surface area contributed by atoms with Crippen molar-refractivity contribution < 1.29 is 4.74 Å². The Morgan fingerprint density at radius 3 is 2.72 bits per heavy atom. The van der Waals surface area contributed by atoms with E-state index in [1.54, 1.807) is 0 Å². The molecule has 1 heterocycles. The standard InChI is InChI=1S/C11H16Cl2N4O/c1-4-18-7-5-6(11(7,2)3)14-9-8(12)16-17-10(13)15-9/h6-7H,4-5H2,1-3H3,(H,14,15,17). The van der Waals surface area contributed by atoms with Gasteiger partial charge in [0.25, 0.3) is 0 Å². The Bertz CT molecular complexity index is 441. The van der Waals surface area contributed by atoms with Crippen molar-refractivity contribution in [1.82, 2.24) is 15.2 Å². The zero-order chi connectivity index (χ0) is 13.3. The average Bonchev–Trinajstić information content (AvgIpc) is 2.32. The summed E-state index contributed by atoms with van der Waals surface area (Å²) in [6.07, 6.45) is 1.17. The van der Waals surface area contributed by atoms with Crippen molar-refractivity contribution >= 4 is 29.0 Å². The summed E-state index contributed by atoms with van der Waals surface area (Å²) in [6, 6.07) is 0.235. The largest absolute Gasteiger partial charge is 0.378 e. The molecule has 7 heteroatoms. The van der Waals surface area contributed by atoms with Crippen molar-refractivity contribution in [1.29, 1.82) is 0 Å². The van der Waals surface area contributed by atoms with Crippen LogP contribution in [0.4, 0.5) is 5.82 Å². The highest BCUT2D eigenvalue weighted by molar-refractivity contribution is 6.32. The molecule has 0 aromatic carbocycles. The summed E-state index contributed by atoms with van der Waals surface area (Å²) in [6.45, 7) is 7.03. The van der Waals surface area contributed by atoms with Crippen LogP contribution in [0.2, 0.25) is 10.4 Å². The molecule has 5 nitrogen and oxygen atoms in total. The van der Waals surface area contributed by atoms with Crippen LogP contribution in [0.3, 0.4) is 0 Å². The maximum Gasteiger partial charge on any atom is 0.245 e. The molecule has 1 aliphatic carbocycles. The number of halogens is 2. The quantitative estimate of drug-likeness (QED) is 0.924. The fourth-order valence-corrected chi connectivity index (χ4v) is 2.42. The topological polar surface area (TPSA) is 59.9 Å². The van der Waals surface area contributed by atoms with Gasteiger partial charge in [0.15, 0.2) is 11.0 Å². The number of hydrogen-bond acceptors (Lipinski definition) is 5. The van der Waals surface area contributed by atoms with Gasteiger partial charge in [-0.05, 0) is 24.9 Å². The monoisotopic (exact) mass is 290 g/mol. The number of hydrogen-bond donors (Lipinski definition) is 1. The van der Waals surface area contributed by atoms with Gasteiger partial charge in [-0.25, -0.2) is 0 Å². The molecular weight excluding hydrogens is 275 g/mol. The molecule has 0 bridgehead atoms. The fourth-order valence-electron chi connectivity index (χ4n) is 2.16. The van der Waals surface area contributed by atoms with Gasteiger partial charge < -0.3 is 10.1 Å². The Labute approximate surface area is 116 Å². The van der Waals surface area contributed by atoms with Crippen molar-refractivity contribution in [2.45, 2.75) is 39.3 Å². The first-order valence-corrected chi connectivity index (χ1v) is 6.64. The minimum absolute atomic E-state index is 0.0246. The van der Waals surface area contributed by atoms with Crippen molar-refractivity contribution in [2.75, 3.05) is 11.9 Å². The van der Waals surface area contributed by atoms with E-state index in [1.807, 2.05) is 6.92 Å². The summed E-state index contributed by atoms with van der Waals surface area (Å²) in [4.78, 5) is 4.04. The Morgan fingerprint density at radius 2 is 2.11 bits per heavy atom. The highest BCUT2D eigenvalue weighted by Gasteiger charge is 2.49. The lowest BCUT2D eigenvalue weighted by molar-refractivity contribution is -0.0976. The third kappa shape index (κ3) is 2.53. The van der Waals surface area contributed by atoms with E-state index in [-0.39, 0.29) is 28.0 Å². The van der Waals surface area contributed by atoms with Crippen LogP contribution in [-0.2, 0) is 4.74 Å². The van der Waals surface area contributed by atoms with Gasteiger partial charge in [0.1, 0.15) is 0 Å². The molecule has 2 atom stereocenters. The number of anilines is 1. The first-order valence-electron chi connectivity index (χ1n) is 5.89. The molecule has 1 fully saturated rings. The second-order valence-electron chi connectivity index (χ2n) is 4.92. The Balaban J connectivity index is 2.05. The van der Waals surface area contributed by atoms with Gasteiger partial charge in [-0.1, -0.05) is 25.4 Å². The second-order valence-corrected chi connectivity index (χ2v) is 5.61. The fraction of sp³-hybridized carbons (Fsp3) is 0.727. The molecule has 100 valence electrons. The molecular formula is C11H16Cl2N4O. The van der Waals surface area contributed by atoms with E-state index in [4.69, 9.17) is 27.9 Å². The van der Waals surface area contributed by atoms with Crippen LogP contribution in [0, 0.1) is 5.41 Å². The van der Waals surface area contributed by atoms with Gasteiger partial charge >= 0.3 is 0 Å². The van der Waals surface area contributed by atoms with E-state index in [1.165, 1.54) is 0 Å². The predicted octanol–water partition coefficient (Wildman–Crippen LogP) is 2.79. The molecule has 2 rings (SSSR count). The van der Waals surface area contributed by atoms with Crippen LogP contribution in [0.15, 0.2) is 0 Å². The van der Waals surface area contributed by atoms with Crippen LogP contribution >= 0.6 is 23.2 Å². The zero-order valence-corrected chi connectivity index (χ0v) is 12.1. The highest BCUT2D eigenvalue weighted by Crippen LogP contribution is 2.44. The maximum absolute atomic E-state index is 5.92. The third-order valence-electron chi connectivity index (χ3n) is 3.48. The maximum atomic E-state index is 5.92. The lowest BCUT2D eigenvalue weighted by Crippen LogP contribution is -2.58. The molecule has 1 saturated carbocycles. The first kappa shape index (κ1) is 13.8. The summed E-state index contributed by atoms with van der Waals surface area (Å²) >= 11 is 11.6. The SMILES string of the molecule is CCOC1CC(Nc2nc(Cl)nnc2Cl)C1(C)C. The molecule has 2 unspecified atom stereocenters. The normalized spacial score (nSPS) is 25.6. The first-order chi connectivity index (χ1) is 8.45. The summed E-state index contributed by atoms with van der Waals surface area (Å²) in [5, 5.41) is 10.9. The molecule has 0 radical (unpaired) electrons. The average molecular weight is 291 g/mol. The van der Waals surface area contributed by atoms with Crippen LogP contribution in [0.5, 0.6) is 0 Å². The smallest absolute Gasteiger partial charge is 0.245 e. The number of rotatable bonds is 4. The Morgan fingerprint density at radius 1 is 1.39 bits per heavy atom. The van der Waals surface area contributed by atoms with Crippen LogP contribution in [0.25, 0.3) is 0 Å². The number of ether oxygens (including phenoxy) is 1. The van der Waals surface area contributed by atoms with Crippen molar-refractivity contribution in [3.8, 4) is 0 Å². The molecule has 0 amide bonds. The van der Waals surface area contributed by atoms with E-state index in [2.05, 4.69) is 34.3 Å². The molecule has 18 heavy (non-hydrogen) atoms. The van der Waals surface area contributed by atoms with E-state index >= 15 is 0 Å². The van der Waals surface area contributed by atoms with Gasteiger partial charge in [0.2, 0.25) is 5.28 Å². The van der Waals surface area contributed by atoms with E-state index in [0.717, 1.165) is 13.0 Å². The minimum Gasteiger partial charge on any atom is -0.378 e. The molecule has 1 aliphatic rings. The Hall–Kier alpha value is -0.650. The summed E-state index contributed by atoms with van der Waals surface area (Å²) in [5.41, 5.74) is 0.0246. The van der Waals surface area contributed by atoms with Crippen molar-refractivity contribution in [3.63, 3.8) is 0 Å². The highest BCUT2D eigenvalue weighted by atomic mass is 35.5.